The zero-order valence-electron chi connectivity index (χ0n) is 13.5. The minimum absolute atomic E-state index is 0.0206. The Morgan fingerprint density at radius 1 is 1.33 bits per heavy atom. The van der Waals surface area contributed by atoms with Crippen LogP contribution in [0.3, 0.4) is 0 Å². The second kappa shape index (κ2) is 7.73. The van der Waals surface area contributed by atoms with Gasteiger partial charge in [0, 0.05) is 24.6 Å². The molecule has 2 heterocycles. The van der Waals surface area contributed by atoms with Crippen LogP contribution in [0, 0.1) is 5.82 Å². The van der Waals surface area contributed by atoms with Crippen molar-refractivity contribution in [1.82, 2.24) is 4.90 Å². The number of benzene rings is 1. The predicted molar refractivity (Wildman–Crippen MR) is 88.2 cm³/mol. The van der Waals surface area contributed by atoms with Crippen molar-refractivity contribution in [2.75, 3.05) is 13.1 Å². The SMILES string of the molecule is O=C(CCN1CCCC1CC(O)c1ccco1)c1ccc(F)cc1. The number of halogens is 1. The van der Waals surface area contributed by atoms with E-state index in [1.165, 1.54) is 24.3 Å². The third-order valence-electron chi connectivity index (χ3n) is 4.66. The number of carbonyl (C=O) groups is 1. The number of likely N-dealkylation sites (tertiary alicyclic amines) is 1. The van der Waals surface area contributed by atoms with Crippen LogP contribution in [0.5, 0.6) is 0 Å². The zero-order chi connectivity index (χ0) is 16.9. The quantitative estimate of drug-likeness (QED) is 0.788. The maximum absolute atomic E-state index is 12.9. The van der Waals surface area contributed by atoms with E-state index in [-0.39, 0.29) is 17.6 Å². The second-order valence-corrected chi connectivity index (χ2v) is 6.28. The Bertz CT molecular complexity index is 654. The van der Waals surface area contributed by atoms with Gasteiger partial charge in [-0.15, -0.1) is 0 Å². The number of nitrogens with zero attached hydrogens (tertiary/aromatic N) is 1. The molecule has 4 nitrogen and oxygen atoms in total. The van der Waals surface area contributed by atoms with E-state index >= 15 is 0 Å². The zero-order valence-corrected chi connectivity index (χ0v) is 13.5. The fourth-order valence-electron chi connectivity index (χ4n) is 3.34. The molecule has 5 heteroatoms. The van der Waals surface area contributed by atoms with Crippen molar-refractivity contribution < 1.29 is 18.7 Å². The highest BCUT2D eigenvalue weighted by molar-refractivity contribution is 5.96. The molecule has 0 saturated carbocycles. The van der Waals surface area contributed by atoms with E-state index in [1.54, 1.807) is 18.4 Å². The van der Waals surface area contributed by atoms with E-state index in [4.69, 9.17) is 4.42 Å². The molecule has 2 aromatic rings. The van der Waals surface area contributed by atoms with Gasteiger partial charge in [0.2, 0.25) is 0 Å². The van der Waals surface area contributed by atoms with Gasteiger partial charge in [0.1, 0.15) is 17.7 Å². The van der Waals surface area contributed by atoms with Crippen LogP contribution in [-0.2, 0) is 0 Å². The summed E-state index contributed by atoms with van der Waals surface area (Å²) in [6.07, 6.45) is 4.05. The molecule has 1 saturated heterocycles. The summed E-state index contributed by atoms with van der Waals surface area (Å²) in [5.41, 5.74) is 0.544. The summed E-state index contributed by atoms with van der Waals surface area (Å²) < 4.78 is 18.2. The Balaban J connectivity index is 1.52. The van der Waals surface area contributed by atoms with E-state index in [2.05, 4.69) is 4.90 Å². The fourth-order valence-corrected chi connectivity index (χ4v) is 3.34. The van der Waals surface area contributed by atoms with Crippen molar-refractivity contribution in [2.45, 2.75) is 37.8 Å². The topological polar surface area (TPSA) is 53.7 Å². The summed E-state index contributed by atoms with van der Waals surface area (Å²) in [4.78, 5) is 14.5. The number of furan rings is 1. The lowest BCUT2D eigenvalue weighted by atomic mass is 10.0. The average Bonchev–Trinajstić information content (AvgIpc) is 3.25. The molecule has 2 atom stereocenters. The van der Waals surface area contributed by atoms with E-state index < -0.39 is 6.10 Å². The van der Waals surface area contributed by atoms with E-state index in [0.717, 1.165) is 19.4 Å². The summed E-state index contributed by atoms with van der Waals surface area (Å²) in [7, 11) is 0. The lowest BCUT2D eigenvalue weighted by Crippen LogP contribution is -2.32. The Labute approximate surface area is 140 Å². The second-order valence-electron chi connectivity index (χ2n) is 6.28. The maximum atomic E-state index is 12.9. The normalized spacial score (nSPS) is 19.5. The number of carbonyl (C=O) groups excluding carboxylic acids is 1. The number of Topliss-reactive ketones (excluding diaryl/α,β-unsaturated/α-hetero) is 1. The highest BCUT2D eigenvalue weighted by Crippen LogP contribution is 2.27. The van der Waals surface area contributed by atoms with Crippen LogP contribution in [0.15, 0.2) is 47.1 Å². The summed E-state index contributed by atoms with van der Waals surface area (Å²) >= 11 is 0. The van der Waals surface area contributed by atoms with Gasteiger partial charge in [-0.05, 0) is 62.2 Å². The molecule has 128 valence electrons. The largest absolute Gasteiger partial charge is 0.467 e. The number of aliphatic hydroxyl groups is 1. The van der Waals surface area contributed by atoms with Crippen molar-refractivity contribution in [2.24, 2.45) is 0 Å². The highest BCUT2D eigenvalue weighted by Gasteiger charge is 2.28. The van der Waals surface area contributed by atoms with Gasteiger partial charge in [0.05, 0.1) is 6.26 Å². The lowest BCUT2D eigenvalue weighted by molar-refractivity contribution is 0.0905. The summed E-state index contributed by atoms with van der Waals surface area (Å²) in [6, 6.07) is 9.48. The monoisotopic (exact) mass is 331 g/mol. The standard InChI is InChI=1S/C19H22FNO3/c20-15-7-5-14(6-8-15)17(22)9-11-21-10-1-3-16(21)13-18(23)19-4-2-12-24-19/h2,4-8,12,16,18,23H,1,3,9-11,13H2. The molecule has 3 rings (SSSR count). The van der Waals surface area contributed by atoms with Crippen LogP contribution in [0.4, 0.5) is 4.39 Å². The number of rotatable bonds is 7. The van der Waals surface area contributed by atoms with Crippen LogP contribution >= 0.6 is 0 Å². The van der Waals surface area contributed by atoms with Crippen LogP contribution in [0.25, 0.3) is 0 Å². The average molecular weight is 331 g/mol. The van der Waals surface area contributed by atoms with Gasteiger partial charge in [-0.1, -0.05) is 0 Å². The molecule has 0 spiro atoms. The molecule has 1 N–H and O–H groups in total. The molecule has 0 amide bonds. The molecule has 1 fully saturated rings. The first kappa shape index (κ1) is 16.9. The Morgan fingerprint density at radius 2 is 2.12 bits per heavy atom. The van der Waals surface area contributed by atoms with Crippen LogP contribution in [-0.4, -0.2) is 34.9 Å². The van der Waals surface area contributed by atoms with Crippen LogP contribution in [0.1, 0.15) is 47.9 Å². The van der Waals surface area contributed by atoms with Gasteiger partial charge < -0.3 is 9.52 Å². The minimum atomic E-state index is -0.613. The van der Waals surface area contributed by atoms with Crippen LogP contribution in [0.2, 0.25) is 0 Å². The Hall–Kier alpha value is -1.98. The molecule has 2 unspecified atom stereocenters. The van der Waals surface area contributed by atoms with Gasteiger partial charge >= 0.3 is 0 Å². The molecule has 1 aliphatic rings. The van der Waals surface area contributed by atoms with E-state index in [1.807, 2.05) is 0 Å². The lowest BCUT2D eigenvalue weighted by Gasteiger charge is -2.25. The van der Waals surface area contributed by atoms with Gasteiger partial charge in [-0.25, -0.2) is 4.39 Å². The first-order chi connectivity index (χ1) is 11.6. The van der Waals surface area contributed by atoms with Gasteiger partial charge in [0.25, 0.3) is 0 Å². The van der Waals surface area contributed by atoms with Gasteiger partial charge in [-0.3, -0.25) is 9.69 Å². The Kier molecular flexibility index (Phi) is 5.43. The first-order valence-corrected chi connectivity index (χ1v) is 8.38. The third-order valence-corrected chi connectivity index (χ3v) is 4.66. The molecule has 0 bridgehead atoms. The molecule has 1 aliphatic heterocycles. The molecule has 1 aromatic heterocycles. The summed E-state index contributed by atoms with van der Waals surface area (Å²) in [5.74, 6) is 0.273. The van der Waals surface area contributed by atoms with E-state index in [9.17, 15) is 14.3 Å². The van der Waals surface area contributed by atoms with Crippen molar-refractivity contribution in [3.05, 3.63) is 59.8 Å². The number of hydrogen-bond acceptors (Lipinski definition) is 4. The predicted octanol–water partition coefficient (Wildman–Crippen LogP) is 3.58. The fraction of sp³-hybridized carbons (Fsp3) is 0.421. The third kappa shape index (κ3) is 4.10. The van der Waals surface area contributed by atoms with E-state index in [0.29, 0.717) is 30.7 Å². The summed E-state index contributed by atoms with van der Waals surface area (Å²) in [5, 5.41) is 10.2. The molecular formula is C19H22FNO3. The van der Waals surface area contributed by atoms with Crippen LogP contribution < -0.4 is 0 Å². The molecule has 24 heavy (non-hydrogen) atoms. The van der Waals surface area contributed by atoms with Crippen molar-refractivity contribution in [3.63, 3.8) is 0 Å². The number of aliphatic hydroxyl groups excluding tert-OH is 1. The first-order valence-electron chi connectivity index (χ1n) is 8.38. The van der Waals surface area contributed by atoms with Gasteiger partial charge in [-0.2, -0.15) is 0 Å². The number of hydrogen-bond donors (Lipinski definition) is 1. The molecular weight excluding hydrogens is 309 g/mol. The number of ketones is 1. The minimum Gasteiger partial charge on any atom is -0.467 e. The van der Waals surface area contributed by atoms with Gasteiger partial charge in [0.15, 0.2) is 5.78 Å². The maximum Gasteiger partial charge on any atom is 0.164 e. The van der Waals surface area contributed by atoms with Crippen molar-refractivity contribution in [1.29, 1.82) is 0 Å². The summed E-state index contributed by atoms with van der Waals surface area (Å²) in [6.45, 7) is 1.60. The highest BCUT2D eigenvalue weighted by atomic mass is 19.1. The van der Waals surface area contributed by atoms with Crippen molar-refractivity contribution in [3.8, 4) is 0 Å². The molecule has 0 aliphatic carbocycles. The molecule has 1 aromatic carbocycles. The Morgan fingerprint density at radius 3 is 2.83 bits per heavy atom. The van der Waals surface area contributed by atoms with Crippen molar-refractivity contribution >= 4 is 5.78 Å². The smallest absolute Gasteiger partial charge is 0.164 e. The molecule has 0 radical (unpaired) electrons.